The SMILES string of the molecule is CN(C)CCNC(=O)c1ccnc(C(=O)N2CCCc3ccccc32)c1. The third-order valence-corrected chi connectivity index (χ3v) is 4.44. The molecule has 2 aromatic rings. The van der Waals surface area contributed by atoms with Crippen molar-refractivity contribution >= 4 is 17.5 Å². The van der Waals surface area contributed by atoms with Crippen LogP contribution in [0.3, 0.4) is 0 Å². The van der Waals surface area contributed by atoms with Crippen molar-refractivity contribution in [3.63, 3.8) is 0 Å². The molecule has 136 valence electrons. The number of hydrogen-bond acceptors (Lipinski definition) is 4. The minimum absolute atomic E-state index is 0.167. The number of pyridine rings is 1. The van der Waals surface area contributed by atoms with Crippen molar-refractivity contribution in [3.8, 4) is 0 Å². The first-order chi connectivity index (χ1) is 12.6. The van der Waals surface area contributed by atoms with Crippen LogP contribution < -0.4 is 10.2 Å². The summed E-state index contributed by atoms with van der Waals surface area (Å²) < 4.78 is 0. The molecule has 2 heterocycles. The zero-order valence-corrected chi connectivity index (χ0v) is 15.2. The number of amides is 2. The molecule has 0 unspecified atom stereocenters. The van der Waals surface area contributed by atoms with Gasteiger partial charge in [-0.05, 0) is 50.7 Å². The number of carbonyl (C=O) groups excluding carboxylic acids is 2. The van der Waals surface area contributed by atoms with Crippen molar-refractivity contribution in [3.05, 3.63) is 59.4 Å². The van der Waals surface area contributed by atoms with E-state index in [1.807, 2.05) is 37.2 Å². The predicted octanol–water partition coefficient (Wildman–Crippen LogP) is 1.97. The number of likely N-dealkylation sites (N-methyl/N-ethyl adjacent to an activating group) is 1. The van der Waals surface area contributed by atoms with Gasteiger partial charge in [-0.2, -0.15) is 0 Å². The summed E-state index contributed by atoms with van der Waals surface area (Å²) in [7, 11) is 3.90. The molecule has 1 aromatic heterocycles. The molecule has 0 saturated heterocycles. The van der Waals surface area contributed by atoms with Crippen molar-refractivity contribution in [1.29, 1.82) is 0 Å². The van der Waals surface area contributed by atoms with Crippen molar-refractivity contribution in [2.75, 3.05) is 38.6 Å². The Kier molecular flexibility index (Phi) is 5.63. The molecule has 1 aliphatic heterocycles. The van der Waals surface area contributed by atoms with Crippen LogP contribution in [0.25, 0.3) is 0 Å². The second kappa shape index (κ2) is 8.10. The van der Waals surface area contributed by atoms with Gasteiger partial charge in [0.05, 0.1) is 0 Å². The van der Waals surface area contributed by atoms with Gasteiger partial charge in [-0.25, -0.2) is 0 Å². The van der Waals surface area contributed by atoms with Crippen molar-refractivity contribution in [2.45, 2.75) is 12.8 Å². The van der Waals surface area contributed by atoms with E-state index in [9.17, 15) is 9.59 Å². The van der Waals surface area contributed by atoms with Crippen LogP contribution in [-0.4, -0.2) is 55.4 Å². The van der Waals surface area contributed by atoms with Gasteiger partial charge in [0.15, 0.2) is 0 Å². The number of nitrogens with zero attached hydrogens (tertiary/aromatic N) is 3. The number of aromatic nitrogens is 1. The van der Waals surface area contributed by atoms with Gasteiger partial charge in [0.2, 0.25) is 0 Å². The Morgan fingerprint density at radius 2 is 2.04 bits per heavy atom. The van der Waals surface area contributed by atoms with E-state index in [0.717, 1.165) is 25.1 Å². The number of fused-ring (bicyclic) bond motifs is 1. The fraction of sp³-hybridized carbons (Fsp3) is 0.350. The first-order valence-corrected chi connectivity index (χ1v) is 8.85. The normalized spacial score (nSPS) is 13.4. The average Bonchev–Trinajstić information content (AvgIpc) is 2.66. The maximum atomic E-state index is 13.0. The third-order valence-electron chi connectivity index (χ3n) is 4.44. The molecule has 0 saturated carbocycles. The van der Waals surface area contributed by atoms with Gasteiger partial charge >= 0.3 is 0 Å². The Balaban J connectivity index is 1.76. The van der Waals surface area contributed by atoms with Crippen LogP contribution in [0.1, 0.15) is 32.8 Å². The van der Waals surface area contributed by atoms with Crippen LogP contribution in [-0.2, 0) is 6.42 Å². The molecule has 2 amide bonds. The number of hydrogen-bond donors (Lipinski definition) is 1. The summed E-state index contributed by atoms with van der Waals surface area (Å²) >= 11 is 0. The second-order valence-electron chi connectivity index (χ2n) is 6.68. The lowest BCUT2D eigenvalue weighted by Crippen LogP contribution is -2.36. The lowest BCUT2D eigenvalue weighted by Gasteiger charge is -2.29. The van der Waals surface area contributed by atoms with Crippen molar-refractivity contribution in [1.82, 2.24) is 15.2 Å². The number of nitrogens with one attached hydrogen (secondary N) is 1. The van der Waals surface area contributed by atoms with Gasteiger partial charge in [-0.1, -0.05) is 18.2 Å². The van der Waals surface area contributed by atoms with Gasteiger partial charge in [0, 0.05) is 37.1 Å². The smallest absolute Gasteiger partial charge is 0.276 e. The van der Waals surface area contributed by atoms with Gasteiger partial charge in [0.25, 0.3) is 11.8 Å². The molecule has 6 nitrogen and oxygen atoms in total. The van der Waals surface area contributed by atoms with E-state index in [0.29, 0.717) is 24.3 Å². The molecule has 1 N–H and O–H groups in total. The van der Waals surface area contributed by atoms with E-state index in [1.54, 1.807) is 17.0 Å². The van der Waals surface area contributed by atoms with Gasteiger partial charge in [0.1, 0.15) is 5.69 Å². The van der Waals surface area contributed by atoms with Crippen molar-refractivity contribution < 1.29 is 9.59 Å². The Labute approximate surface area is 153 Å². The van der Waals surface area contributed by atoms with Gasteiger partial charge in [-0.3, -0.25) is 14.6 Å². The minimum atomic E-state index is -0.192. The standard InChI is InChI=1S/C20H24N4O2/c1-23(2)13-11-22-19(25)16-9-10-21-17(14-16)20(26)24-12-5-7-15-6-3-4-8-18(15)24/h3-4,6,8-10,14H,5,7,11-13H2,1-2H3,(H,22,25). The molecule has 26 heavy (non-hydrogen) atoms. The fourth-order valence-corrected chi connectivity index (χ4v) is 3.07. The minimum Gasteiger partial charge on any atom is -0.351 e. The lowest BCUT2D eigenvalue weighted by molar-refractivity contribution is 0.0951. The number of rotatable bonds is 5. The summed E-state index contributed by atoms with van der Waals surface area (Å²) in [5.74, 6) is -0.359. The number of aryl methyl sites for hydroxylation is 1. The van der Waals surface area contributed by atoms with Gasteiger partial charge in [-0.15, -0.1) is 0 Å². The van der Waals surface area contributed by atoms with Crippen LogP contribution >= 0.6 is 0 Å². The number of anilines is 1. The summed E-state index contributed by atoms with van der Waals surface area (Å²) in [6.45, 7) is 1.97. The highest BCUT2D eigenvalue weighted by atomic mass is 16.2. The molecule has 6 heteroatoms. The predicted molar refractivity (Wildman–Crippen MR) is 102 cm³/mol. The Morgan fingerprint density at radius 3 is 2.85 bits per heavy atom. The molecule has 0 spiro atoms. The highest BCUT2D eigenvalue weighted by molar-refractivity contribution is 6.06. The van der Waals surface area contributed by atoms with E-state index in [2.05, 4.69) is 16.4 Å². The maximum absolute atomic E-state index is 13.0. The Bertz CT molecular complexity index is 804. The summed E-state index contributed by atoms with van der Waals surface area (Å²) in [5.41, 5.74) is 2.85. The molecular formula is C20H24N4O2. The third kappa shape index (κ3) is 4.08. The highest BCUT2D eigenvalue weighted by Gasteiger charge is 2.24. The molecule has 0 aliphatic carbocycles. The number of benzene rings is 1. The van der Waals surface area contributed by atoms with Crippen LogP contribution in [0.15, 0.2) is 42.6 Å². The molecule has 0 atom stereocenters. The summed E-state index contributed by atoms with van der Waals surface area (Å²) in [6.07, 6.45) is 3.42. The zero-order valence-electron chi connectivity index (χ0n) is 15.2. The molecule has 1 aliphatic rings. The maximum Gasteiger partial charge on any atom is 0.276 e. The van der Waals surface area contributed by atoms with E-state index in [4.69, 9.17) is 0 Å². The summed E-state index contributed by atoms with van der Waals surface area (Å²) in [6, 6.07) is 11.1. The van der Waals surface area contributed by atoms with Crippen LogP contribution in [0.4, 0.5) is 5.69 Å². The molecule has 0 radical (unpaired) electrons. The Morgan fingerprint density at radius 1 is 1.23 bits per heavy atom. The first kappa shape index (κ1) is 18.1. The summed E-state index contributed by atoms with van der Waals surface area (Å²) in [5, 5.41) is 2.86. The van der Waals surface area contributed by atoms with E-state index in [1.165, 1.54) is 11.8 Å². The van der Waals surface area contributed by atoms with Crippen LogP contribution in [0.2, 0.25) is 0 Å². The monoisotopic (exact) mass is 352 g/mol. The van der Waals surface area contributed by atoms with Crippen molar-refractivity contribution in [2.24, 2.45) is 0 Å². The van der Waals surface area contributed by atoms with Gasteiger partial charge < -0.3 is 15.1 Å². The van der Waals surface area contributed by atoms with Crippen LogP contribution in [0.5, 0.6) is 0 Å². The molecule has 1 aromatic carbocycles. The van der Waals surface area contributed by atoms with E-state index in [-0.39, 0.29) is 11.8 Å². The molecule has 0 fully saturated rings. The molecular weight excluding hydrogens is 328 g/mol. The fourth-order valence-electron chi connectivity index (χ4n) is 3.07. The zero-order chi connectivity index (χ0) is 18.5. The van der Waals surface area contributed by atoms with E-state index >= 15 is 0 Å². The molecule has 0 bridgehead atoms. The average molecular weight is 352 g/mol. The number of carbonyl (C=O) groups is 2. The topological polar surface area (TPSA) is 65.5 Å². The highest BCUT2D eigenvalue weighted by Crippen LogP contribution is 2.27. The Hall–Kier alpha value is -2.73. The largest absolute Gasteiger partial charge is 0.351 e. The second-order valence-corrected chi connectivity index (χ2v) is 6.68. The molecule has 3 rings (SSSR count). The summed E-state index contributed by atoms with van der Waals surface area (Å²) in [4.78, 5) is 33.2. The quantitative estimate of drug-likeness (QED) is 0.893. The van der Waals surface area contributed by atoms with E-state index < -0.39 is 0 Å². The number of para-hydroxylation sites is 1. The lowest BCUT2D eigenvalue weighted by atomic mass is 10.0. The first-order valence-electron chi connectivity index (χ1n) is 8.85. The van der Waals surface area contributed by atoms with Crippen LogP contribution in [0, 0.1) is 0 Å².